The molecule has 35 heavy (non-hydrogen) atoms. The molecule has 1 saturated carbocycles. The lowest BCUT2D eigenvalue weighted by molar-refractivity contribution is -0.159. The predicted octanol–water partition coefficient (Wildman–Crippen LogP) is 5.16. The number of aromatic nitrogens is 1. The number of fused-ring (bicyclic) bond motifs is 1. The first kappa shape index (κ1) is 24.3. The van der Waals surface area contributed by atoms with Gasteiger partial charge >= 0.3 is 0 Å². The zero-order valence-corrected chi connectivity index (χ0v) is 20.5. The first-order chi connectivity index (χ1) is 16.9. The summed E-state index contributed by atoms with van der Waals surface area (Å²) in [4.78, 5) is 17.2. The Morgan fingerprint density at radius 2 is 1.83 bits per heavy atom. The fraction of sp³-hybridized carbons (Fsp3) is 0.385. The van der Waals surface area contributed by atoms with Gasteiger partial charge in [-0.15, -0.1) is 0 Å². The summed E-state index contributed by atoms with van der Waals surface area (Å²) in [6, 6.07) is 13.9. The van der Waals surface area contributed by atoms with Crippen molar-refractivity contribution in [1.82, 2.24) is 15.6 Å². The zero-order chi connectivity index (χ0) is 24.4. The van der Waals surface area contributed by atoms with Crippen molar-refractivity contribution in [3.63, 3.8) is 0 Å². The molecule has 2 fully saturated rings. The number of benzene rings is 2. The van der Waals surface area contributed by atoms with Gasteiger partial charge in [0.1, 0.15) is 17.3 Å². The van der Waals surface area contributed by atoms with Gasteiger partial charge in [-0.25, -0.2) is 9.37 Å². The van der Waals surface area contributed by atoms with E-state index in [2.05, 4.69) is 15.6 Å². The van der Waals surface area contributed by atoms with E-state index in [0.717, 1.165) is 36.6 Å². The van der Waals surface area contributed by atoms with Gasteiger partial charge in [-0.2, -0.15) is 0 Å². The van der Waals surface area contributed by atoms with E-state index in [1.807, 2.05) is 18.2 Å². The molecule has 0 radical (unpaired) electrons. The van der Waals surface area contributed by atoms with Crippen molar-refractivity contribution in [2.45, 2.75) is 43.4 Å². The molecule has 0 unspecified atom stereocenters. The number of halogens is 3. The van der Waals surface area contributed by atoms with Gasteiger partial charge in [0.2, 0.25) is 0 Å². The third kappa shape index (κ3) is 5.70. The molecule has 1 aliphatic heterocycles. The number of hydrogen-bond acceptors (Lipinski definition) is 5. The van der Waals surface area contributed by atoms with Crippen LogP contribution in [0.2, 0.25) is 10.0 Å². The molecule has 0 atom stereocenters. The molecule has 2 heterocycles. The van der Waals surface area contributed by atoms with Crippen molar-refractivity contribution in [1.29, 1.82) is 0 Å². The third-order valence-electron chi connectivity index (χ3n) is 6.61. The molecule has 6 nitrogen and oxygen atoms in total. The van der Waals surface area contributed by atoms with Crippen LogP contribution in [0.15, 0.2) is 48.5 Å². The Bertz CT molecular complexity index is 1230. The van der Waals surface area contributed by atoms with Crippen LogP contribution in [0.3, 0.4) is 0 Å². The van der Waals surface area contributed by atoms with E-state index in [9.17, 15) is 9.18 Å². The molecular formula is C26H26Cl2FN3O3. The quantitative estimate of drug-likeness (QED) is 0.452. The van der Waals surface area contributed by atoms with E-state index in [1.54, 1.807) is 18.2 Å². The lowest BCUT2D eigenvalue weighted by atomic mass is 9.90. The minimum Gasteiger partial charge on any atom is -0.481 e. The summed E-state index contributed by atoms with van der Waals surface area (Å²) in [7, 11) is 0. The van der Waals surface area contributed by atoms with Gasteiger partial charge in [-0.1, -0.05) is 29.3 Å². The van der Waals surface area contributed by atoms with Crippen molar-refractivity contribution in [3.8, 4) is 5.75 Å². The number of pyridine rings is 1. The van der Waals surface area contributed by atoms with Crippen LogP contribution in [-0.4, -0.2) is 48.3 Å². The summed E-state index contributed by atoms with van der Waals surface area (Å²) in [5, 5.41) is 8.32. The molecule has 1 saturated heterocycles. The Kier molecular flexibility index (Phi) is 7.12. The maximum Gasteiger partial charge on any atom is 0.270 e. The van der Waals surface area contributed by atoms with Crippen LogP contribution in [-0.2, 0) is 4.74 Å². The molecule has 1 amide bonds. The number of ether oxygens (including phenoxy) is 2. The van der Waals surface area contributed by atoms with E-state index in [4.69, 9.17) is 32.7 Å². The maximum atomic E-state index is 13.8. The molecule has 2 aliphatic rings. The van der Waals surface area contributed by atoms with Crippen molar-refractivity contribution >= 4 is 40.0 Å². The Hall–Kier alpha value is -2.45. The third-order valence-corrected chi connectivity index (χ3v) is 7.16. The van der Waals surface area contributed by atoms with E-state index < -0.39 is 11.4 Å². The second kappa shape index (κ2) is 10.3. The SMILES string of the molecule is O=C(NC1CCC(NCC2(Oc3ccc(Cl)c(F)c3)COC2)CC1)c1ccc2cc(Cl)ccc2n1. The Labute approximate surface area is 213 Å². The lowest BCUT2D eigenvalue weighted by Gasteiger charge is -2.43. The molecule has 9 heteroatoms. The van der Waals surface area contributed by atoms with Crippen LogP contribution in [0.25, 0.3) is 10.9 Å². The summed E-state index contributed by atoms with van der Waals surface area (Å²) >= 11 is 11.8. The first-order valence-corrected chi connectivity index (χ1v) is 12.5. The van der Waals surface area contributed by atoms with Gasteiger partial charge in [-0.05, 0) is 62.1 Å². The number of nitrogens with zero attached hydrogens (tertiary/aromatic N) is 1. The highest BCUT2D eigenvalue weighted by atomic mass is 35.5. The van der Waals surface area contributed by atoms with Gasteiger partial charge in [0.25, 0.3) is 5.91 Å². The predicted molar refractivity (Wildman–Crippen MR) is 134 cm³/mol. The highest BCUT2D eigenvalue weighted by molar-refractivity contribution is 6.31. The van der Waals surface area contributed by atoms with Crippen LogP contribution in [0, 0.1) is 5.82 Å². The van der Waals surface area contributed by atoms with Gasteiger partial charge in [0.05, 0.1) is 23.8 Å². The van der Waals surface area contributed by atoms with Gasteiger partial charge in [-0.3, -0.25) is 4.79 Å². The number of carbonyl (C=O) groups excluding carboxylic acids is 1. The molecule has 3 aromatic rings. The normalized spacial score (nSPS) is 21.3. The van der Waals surface area contributed by atoms with Crippen LogP contribution < -0.4 is 15.4 Å². The van der Waals surface area contributed by atoms with Crippen molar-refractivity contribution in [2.75, 3.05) is 19.8 Å². The van der Waals surface area contributed by atoms with Crippen molar-refractivity contribution < 1.29 is 18.7 Å². The molecule has 1 aromatic heterocycles. The summed E-state index contributed by atoms with van der Waals surface area (Å²) in [5.74, 6) is -0.225. The molecule has 184 valence electrons. The van der Waals surface area contributed by atoms with Gasteiger partial charge in [0, 0.05) is 35.1 Å². The fourth-order valence-electron chi connectivity index (χ4n) is 4.57. The topological polar surface area (TPSA) is 72.5 Å². The number of nitrogens with one attached hydrogen (secondary N) is 2. The molecule has 2 N–H and O–H groups in total. The average Bonchev–Trinajstić information content (AvgIpc) is 2.83. The van der Waals surface area contributed by atoms with Gasteiger partial charge < -0.3 is 20.1 Å². The zero-order valence-electron chi connectivity index (χ0n) is 19.0. The highest BCUT2D eigenvalue weighted by Gasteiger charge is 2.42. The molecule has 0 bridgehead atoms. The molecular weight excluding hydrogens is 492 g/mol. The highest BCUT2D eigenvalue weighted by Crippen LogP contribution is 2.29. The maximum absolute atomic E-state index is 13.8. The minimum absolute atomic E-state index is 0.0690. The van der Waals surface area contributed by atoms with Crippen LogP contribution in [0.1, 0.15) is 36.2 Å². The molecule has 5 rings (SSSR count). The first-order valence-electron chi connectivity index (χ1n) is 11.7. The largest absolute Gasteiger partial charge is 0.481 e. The Morgan fingerprint density at radius 3 is 2.54 bits per heavy atom. The number of rotatable bonds is 7. The van der Waals surface area contributed by atoms with E-state index in [0.29, 0.717) is 42.3 Å². The summed E-state index contributed by atoms with van der Waals surface area (Å²) in [6.07, 6.45) is 3.61. The van der Waals surface area contributed by atoms with Crippen LogP contribution >= 0.6 is 23.2 Å². The number of amides is 1. The fourth-order valence-corrected chi connectivity index (χ4v) is 4.87. The molecule has 2 aromatic carbocycles. The summed E-state index contributed by atoms with van der Waals surface area (Å²) in [6.45, 7) is 1.49. The summed E-state index contributed by atoms with van der Waals surface area (Å²) < 4.78 is 25.2. The van der Waals surface area contributed by atoms with Crippen molar-refractivity contribution in [2.24, 2.45) is 0 Å². The van der Waals surface area contributed by atoms with E-state index in [1.165, 1.54) is 12.1 Å². The molecule has 1 aliphatic carbocycles. The van der Waals surface area contributed by atoms with E-state index >= 15 is 0 Å². The number of hydrogen-bond donors (Lipinski definition) is 2. The Morgan fingerprint density at radius 1 is 1.06 bits per heavy atom. The van der Waals surface area contributed by atoms with Crippen LogP contribution in [0.5, 0.6) is 5.75 Å². The molecule has 0 spiro atoms. The minimum atomic E-state index is -0.517. The Balaban J connectivity index is 1.10. The smallest absolute Gasteiger partial charge is 0.270 e. The monoisotopic (exact) mass is 517 g/mol. The standard InChI is InChI=1S/C26H26Cl2FN3O3/c27-17-2-10-23-16(11-17)1-9-24(32-23)25(33)31-19-5-3-18(4-6-19)30-13-26(14-34-15-26)35-20-7-8-21(28)22(29)12-20/h1-2,7-12,18-19,30H,3-6,13-15H2,(H,31,33). The lowest BCUT2D eigenvalue weighted by Crippen LogP contribution is -2.61. The van der Waals surface area contributed by atoms with Gasteiger partial charge in [0.15, 0.2) is 5.60 Å². The second-order valence-electron chi connectivity index (χ2n) is 9.29. The van der Waals surface area contributed by atoms with Crippen LogP contribution in [0.4, 0.5) is 4.39 Å². The van der Waals surface area contributed by atoms with E-state index in [-0.39, 0.29) is 17.0 Å². The number of carbonyl (C=O) groups is 1. The average molecular weight is 518 g/mol. The second-order valence-corrected chi connectivity index (χ2v) is 10.1. The summed E-state index contributed by atoms with van der Waals surface area (Å²) in [5.41, 5.74) is 0.632. The van der Waals surface area contributed by atoms with Crippen molar-refractivity contribution in [3.05, 3.63) is 70.1 Å².